The van der Waals surface area contributed by atoms with E-state index in [-0.39, 0.29) is 53.2 Å². The van der Waals surface area contributed by atoms with Crippen molar-refractivity contribution in [2.75, 3.05) is 7.11 Å². The SMILES string of the molecule is C=C1C(=O)[C@@]23[C@@H]4OC(C)(C)O[C@@]2(OC)[C@@H](O)[C@H]2C([C@@H]5O[C@@H]5CC2(C)C)[C@@H]3CC[C@@H]14. The van der Waals surface area contributed by atoms with Crippen molar-refractivity contribution in [3.8, 4) is 0 Å². The molecule has 0 aromatic carbocycles. The van der Waals surface area contributed by atoms with Crippen molar-refractivity contribution in [1.29, 1.82) is 0 Å². The van der Waals surface area contributed by atoms with E-state index >= 15 is 0 Å². The fourth-order valence-electron chi connectivity index (χ4n) is 8.45. The van der Waals surface area contributed by atoms with Gasteiger partial charge in [-0.25, -0.2) is 0 Å². The monoisotopic (exact) mass is 404 g/mol. The van der Waals surface area contributed by atoms with Crippen LogP contribution in [-0.2, 0) is 23.7 Å². The molecule has 2 saturated heterocycles. The van der Waals surface area contributed by atoms with Crippen LogP contribution >= 0.6 is 0 Å². The molecule has 0 amide bonds. The number of fused-ring (bicyclic) bond motifs is 4. The van der Waals surface area contributed by atoms with Gasteiger partial charge in [-0.3, -0.25) is 4.79 Å². The summed E-state index contributed by atoms with van der Waals surface area (Å²) >= 11 is 0. The molecular weight excluding hydrogens is 372 g/mol. The zero-order valence-electron chi connectivity index (χ0n) is 17.9. The van der Waals surface area contributed by atoms with Crippen LogP contribution in [0.25, 0.3) is 0 Å². The van der Waals surface area contributed by atoms with Gasteiger partial charge >= 0.3 is 0 Å². The molecule has 2 heterocycles. The highest BCUT2D eigenvalue weighted by Crippen LogP contribution is 2.74. The van der Waals surface area contributed by atoms with Gasteiger partial charge < -0.3 is 24.1 Å². The molecule has 1 unspecified atom stereocenters. The lowest BCUT2D eigenvalue weighted by Crippen LogP contribution is -2.81. The van der Waals surface area contributed by atoms with Gasteiger partial charge in [-0.1, -0.05) is 20.4 Å². The van der Waals surface area contributed by atoms with Crippen LogP contribution in [0.2, 0.25) is 0 Å². The van der Waals surface area contributed by atoms with E-state index in [1.807, 2.05) is 13.8 Å². The first-order valence-corrected chi connectivity index (χ1v) is 11.0. The molecule has 4 saturated carbocycles. The van der Waals surface area contributed by atoms with Crippen molar-refractivity contribution >= 4 is 5.78 Å². The smallest absolute Gasteiger partial charge is 0.213 e. The maximum absolute atomic E-state index is 13.9. The average Bonchev–Trinajstić information content (AvgIpc) is 3.37. The molecule has 6 heteroatoms. The van der Waals surface area contributed by atoms with Crippen molar-refractivity contribution in [2.45, 2.75) is 82.9 Å². The number of ketones is 1. The molecule has 0 aromatic heterocycles. The molecule has 10 atom stereocenters. The van der Waals surface area contributed by atoms with Gasteiger partial charge in [0.15, 0.2) is 11.6 Å². The molecular formula is C23H32O6. The zero-order chi connectivity index (χ0) is 20.7. The van der Waals surface area contributed by atoms with Gasteiger partial charge in [0.1, 0.15) is 11.5 Å². The highest BCUT2D eigenvalue weighted by molar-refractivity contribution is 6.05. The van der Waals surface area contributed by atoms with Gasteiger partial charge in [-0.15, -0.1) is 0 Å². The van der Waals surface area contributed by atoms with Gasteiger partial charge in [-0.2, -0.15) is 0 Å². The van der Waals surface area contributed by atoms with E-state index < -0.39 is 23.1 Å². The van der Waals surface area contributed by atoms with Crippen LogP contribution in [0.5, 0.6) is 0 Å². The maximum Gasteiger partial charge on any atom is 0.213 e. The van der Waals surface area contributed by atoms with E-state index in [4.69, 9.17) is 18.9 Å². The van der Waals surface area contributed by atoms with Gasteiger partial charge in [-0.05, 0) is 55.9 Å². The van der Waals surface area contributed by atoms with Gasteiger partial charge in [0.2, 0.25) is 5.79 Å². The summed E-state index contributed by atoms with van der Waals surface area (Å²) in [7, 11) is 1.57. The Hall–Kier alpha value is -0.790. The minimum atomic E-state index is -1.44. The molecule has 6 rings (SSSR count). The summed E-state index contributed by atoms with van der Waals surface area (Å²) in [4.78, 5) is 13.9. The number of rotatable bonds is 1. The fraction of sp³-hybridized carbons (Fsp3) is 0.870. The Morgan fingerprint density at radius 2 is 1.93 bits per heavy atom. The van der Waals surface area contributed by atoms with Crippen LogP contribution < -0.4 is 0 Å². The number of epoxide rings is 1. The molecule has 0 aromatic rings. The second-order valence-electron chi connectivity index (χ2n) is 11.3. The summed E-state index contributed by atoms with van der Waals surface area (Å²) in [6.45, 7) is 12.3. The van der Waals surface area contributed by atoms with Crippen LogP contribution in [-0.4, -0.2) is 54.0 Å². The summed E-state index contributed by atoms with van der Waals surface area (Å²) < 4.78 is 25.2. The second-order valence-corrected chi connectivity index (χ2v) is 11.3. The number of methoxy groups -OCH3 is 1. The highest BCUT2D eigenvalue weighted by Gasteiger charge is 2.85. The number of carbonyl (C=O) groups is 1. The van der Waals surface area contributed by atoms with Crippen LogP contribution in [0.1, 0.15) is 47.0 Å². The predicted molar refractivity (Wildman–Crippen MR) is 103 cm³/mol. The number of aliphatic hydroxyl groups is 1. The maximum atomic E-state index is 13.9. The molecule has 6 aliphatic rings. The Balaban J connectivity index is 1.63. The lowest BCUT2D eigenvalue weighted by molar-refractivity contribution is -0.488. The first kappa shape index (κ1) is 18.9. The quantitative estimate of drug-likeness (QED) is 0.534. The fourth-order valence-corrected chi connectivity index (χ4v) is 8.45. The van der Waals surface area contributed by atoms with E-state index in [2.05, 4.69) is 20.4 Å². The van der Waals surface area contributed by atoms with Crippen LogP contribution in [0, 0.1) is 34.5 Å². The Labute approximate surface area is 171 Å². The summed E-state index contributed by atoms with van der Waals surface area (Å²) in [6.07, 6.45) is 1.64. The Morgan fingerprint density at radius 3 is 2.62 bits per heavy atom. The highest BCUT2D eigenvalue weighted by atomic mass is 16.8. The zero-order valence-corrected chi connectivity index (χ0v) is 17.9. The second kappa shape index (κ2) is 5.16. The molecule has 2 aliphatic heterocycles. The van der Waals surface area contributed by atoms with Gasteiger partial charge in [0, 0.05) is 18.9 Å². The molecule has 0 radical (unpaired) electrons. The largest absolute Gasteiger partial charge is 0.387 e. The summed E-state index contributed by atoms with van der Waals surface area (Å²) in [5.74, 6) is -2.50. The number of carbonyl (C=O) groups excluding carboxylic acids is 1. The van der Waals surface area contributed by atoms with E-state index in [1.54, 1.807) is 7.11 Å². The van der Waals surface area contributed by atoms with E-state index in [0.717, 1.165) is 19.3 Å². The van der Waals surface area contributed by atoms with E-state index in [9.17, 15) is 9.90 Å². The predicted octanol–water partition coefficient (Wildman–Crippen LogP) is 2.44. The molecule has 2 bridgehead atoms. The number of ether oxygens (including phenoxy) is 4. The van der Waals surface area contributed by atoms with Crippen molar-refractivity contribution in [3.05, 3.63) is 12.2 Å². The standard InChI is InChI=1S/C23H32O6/c1-10-11-7-8-12-14-15(20(2,3)9-13-16(14)27-13)18(25)23(26-6)22(12,17(10)24)19(11)28-21(4,5)29-23/h11-16,18-19,25H,1,7-9H2,2-6H3/t11-,12-,13+,14?,15+,16+,18-,19+,22-,23-/m0/s1. The third kappa shape index (κ3) is 1.87. The van der Waals surface area contributed by atoms with E-state index in [0.29, 0.717) is 5.57 Å². The normalized spacial score (nSPS) is 58.3. The topological polar surface area (TPSA) is 77.5 Å². The third-order valence-electron chi connectivity index (χ3n) is 9.23. The Morgan fingerprint density at radius 1 is 1.21 bits per heavy atom. The Kier molecular flexibility index (Phi) is 3.37. The first-order valence-electron chi connectivity index (χ1n) is 11.0. The lowest BCUT2D eigenvalue weighted by Gasteiger charge is -2.69. The van der Waals surface area contributed by atoms with Crippen LogP contribution in [0.4, 0.5) is 0 Å². The summed E-state index contributed by atoms with van der Waals surface area (Å²) in [5, 5.41) is 12.0. The van der Waals surface area contributed by atoms with Crippen molar-refractivity contribution in [3.63, 3.8) is 0 Å². The molecule has 160 valence electrons. The summed E-state index contributed by atoms with van der Waals surface area (Å²) in [6, 6.07) is 0. The number of aliphatic hydroxyl groups excluding tert-OH is 1. The number of hydrogen-bond acceptors (Lipinski definition) is 6. The molecule has 1 N–H and O–H groups in total. The lowest BCUT2D eigenvalue weighted by atomic mass is 9.43. The third-order valence-corrected chi connectivity index (χ3v) is 9.23. The Bertz CT molecular complexity index is 818. The van der Waals surface area contributed by atoms with Gasteiger partial charge in [0.25, 0.3) is 0 Å². The van der Waals surface area contributed by atoms with E-state index in [1.165, 1.54) is 0 Å². The van der Waals surface area contributed by atoms with Crippen molar-refractivity contribution in [1.82, 2.24) is 0 Å². The van der Waals surface area contributed by atoms with Crippen molar-refractivity contribution in [2.24, 2.45) is 34.5 Å². The van der Waals surface area contributed by atoms with Crippen molar-refractivity contribution < 1.29 is 28.8 Å². The minimum absolute atomic E-state index is 0.0190. The molecule has 6 nitrogen and oxygen atoms in total. The number of Topliss-reactive ketones (excluding diaryl/α,β-unsaturated/α-hetero) is 1. The average molecular weight is 405 g/mol. The molecule has 6 fully saturated rings. The summed E-state index contributed by atoms with van der Waals surface area (Å²) in [5.41, 5.74) is -0.609. The number of hydrogen-bond donors (Lipinski definition) is 1. The van der Waals surface area contributed by atoms with Crippen LogP contribution in [0.15, 0.2) is 12.2 Å². The van der Waals surface area contributed by atoms with Crippen LogP contribution in [0.3, 0.4) is 0 Å². The first-order chi connectivity index (χ1) is 13.5. The molecule has 29 heavy (non-hydrogen) atoms. The minimum Gasteiger partial charge on any atom is -0.387 e. The molecule has 1 spiro atoms. The van der Waals surface area contributed by atoms with Gasteiger partial charge in [0.05, 0.1) is 18.3 Å². The molecule has 4 aliphatic carbocycles.